The van der Waals surface area contributed by atoms with Gasteiger partial charge in [-0.1, -0.05) is 17.7 Å². The van der Waals surface area contributed by atoms with E-state index < -0.39 is 16.1 Å². The van der Waals surface area contributed by atoms with Crippen LogP contribution in [0.15, 0.2) is 47.4 Å². The number of aromatic amines is 1. The van der Waals surface area contributed by atoms with Gasteiger partial charge in [-0.3, -0.25) is 5.10 Å². The van der Waals surface area contributed by atoms with Crippen molar-refractivity contribution < 1.29 is 17.9 Å². The van der Waals surface area contributed by atoms with Crippen molar-refractivity contribution >= 4 is 21.6 Å². The Bertz CT molecular complexity index is 1190. The Morgan fingerprint density at radius 2 is 1.83 bits per heavy atom. The molecule has 1 aromatic heterocycles. The molecule has 2 heterocycles. The standard InChI is InChI=1S/C21H21ClFN3O3S/c1-13-10-14(3-5-18(13)23)19-12-20(25-24-19)15-2-4-17(22)21(11-15)30(28,29)26-8-6-16(27)7-9-26/h2-5,10-12,16,27H,6-9H2,1H3,(H,24,25). The van der Waals surface area contributed by atoms with Gasteiger partial charge in [-0.2, -0.15) is 9.40 Å². The molecule has 30 heavy (non-hydrogen) atoms. The summed E-state index contributed by atoms with van der Waals surface area (Å²) < 4.78 is 41.1. The first kappa shape index (κ1) is 21.0. The maximum Gasteiger partial charge on any atom is 0.244 e. The molecule has 1 saturated heterocycles. The molecule has 2 N–H and O–H groups in total. The van der Waals surface area contributed by atoms with Crippen molar-refractivity contribution in [1.29, 1.82) is 0 Å². The van der Waals surface area contributed by atoms with Crippen LogP contribution in [0, 0.1) is 12.7 Å². The molecule has 0 spiro atoms. The number of rotatable bonds is 4. The Morgan fingerprint density at radius 1 is 1.13 bits per heavy atom. The number of aliphatic hydroxyl groups is 1. The van der Waals surface area contributed by atoms with Crippen molar-refractivity contribution in [3.8, 4) is 22.5 Å². The summed E-state index contributed by atoms with van der Waals surface area (Å²) >= 11 is 6.23. The molecule has 0 atom stereocenters. The lowest BCUT2D eigenvalue weighted by Gasteiger charge is -2.29. The zero-order chi connectivity index (χ0) is 21.5. The van der Waals surface area contributed by atoms with Crippen LogP contribution >= 0.6 is 11.6 Å². The highest BCUT2D eigenvalue weighted by Crippen LogP contribution is 2.32. The minimum absolute atomic E-state index is 0.0141. The van der Waals surface area contributed by atoms with Gasteiger partial charge < -0.3 is 5.11 Å². The number of aryl methyl sites for hydroxylation is 1. The second kappa shape index (κ2) is 8.11. The number of benzene rings is 2. The first-order valence-corrected chi connectivity index (χ1v) is 11.4. The molecule has 158 valence electrons. The van der Waals surface area contributed by atoms with E-state index in [0.717, 1.165) is 5.56 Å². The number of piperidine rings is 1. The lowest BCUT2D eigenvalue weighted by Crippen LogP contribution is -2.40. The van der Waals surface area contributed by atoms with E-state index in [9.17, 15) is 17.9 Å². The number of nitrogens with one attached hydrogen (secondary N) is 1. The van der Waals surface area contributed by atoms with Gasteiger partial charge in [0.25, 0.3) is 0 Å². The molecule has 2 aromatic carbocycles. The van der Waals surface area contributed by atoms with Gasteiger partial charge in [0.2, 0.25) is 10.0 Å². The molecule has 0 unspecified atom stereocenters. The molecule has 1 aliphatic rings. The van der Waals surface area contributed by atoms with E-state index in [-0.39, 0.29) is 28.8 Å². The molecule has 0 bridgehead atoms. The Labute approximate surface area is 179 Å². The molecule has 0 amide bonds. The summed E-state index contributed by atoms with van der Waals surface area (Å²) in [5.41, 5.74) is 3.14. The maximum atomic E-state index is 13.5. The third-order valence-electron chi connectivity index (χ3n) is 5.32. The average molecular weight is 450 g/mol. The molecular weight excluding hydrogens is 429 g/mol. The maximum absolute atomic E-state index is 13.5. The predicted octanol–water partition coefficient (Wildman–Crippen LogP) is 3.99. The van der Waals surface area contributed by atoms with Crippen LogP contribution in [0.3, 0.4) is 0 Å². The number of aliphatic hydroxyl groups excluding tert-OH is 1. The van der Waals surface area contributed by atoms with Crippen molar-refractivity contribution in [2.24, 2.45) is 0 Å². The van der Waals surface area contributed by atoms with Gasteiger partial charge in [-0.25, -0.2) is 12.8 Å². The molecule has 0 radical (unpaired) electrons. The number of halogens is 2. The zero-order valence-corrected chi connectivity index (χ0v) is 17.8. The van der Waals surface area contributed by atoms with E-state index in [1.165, 1.54) is 16.4 Å². The van der Waals surface area contributed by atoms with Gasteiger partial charge in [0, 0.05) is 24.2 Å². The van der Waals surface area contributed by atoms with E-state index in [2.05, 4.69) is 10.2 Å². The number of aromatic nitrogens is 2. The molecule has 1 aliphatic heterocycles. The van der Waals surface area contributed by atoms with Gasteiger partial charge in [0.15, 0.2) is 0 Å². The van der Waals surface area contributed by atoms with Crippen LogP contribution in [0.4, 0.5) is 4.39 Å². The Balaban J connectivity index is 1.67. The van der Waals surface area contributed by atoms with Crippen LogP contribution in [0.5, 0.6) is 0 Å². The van der Waals surface area contributed by atoms with Gasteiger partial charge in [0.05, 0.1) is 22.5 Å². The predicted molar refractivity (Wildman–Crippen MR) is 113 cm³/mol. The zero-order valence-electron chi connectivity index (χ0n) is 16.3. The molecule has 6 nitrogen and oxygen atoms in total. The number of nitrogens with zero attached hydrogens (tertiary/aromatic N) is 2. The second-order valence-corrected chi connectivity index (χ2v) is 9.72. The highest BCUT2D eigenvalue weighted by Gasteiger charge is 2.30. The fourth-order valence-corrected chi connectivity index (χ4v) is 5.48. The van der Waals surface area contributed by atoms with Crippen LogP contribution in [-0.4, -0.2) is 47.2 Å². The summed E-state index contributed by atoms with van der Waals surface area (Å²) in [6, 6.07) is 11.3. The summed E-state index contributed by atoms with van der Waals surface area (Å²) in [5.74, 6) is -0.281. The molecule has 0 saturated carbocycles. The first-order valence-electron chi connectivity index (χ1n) is 9.56. The van der Waals surface area contributed by atoms with Gasteiger partial charge in [-0.05, 0) is 61.7 Å². The molecule has 4 rings (SSSR count). The monoisotopic (exact) mass is 449 g/mol. The fraction of sp³-hybridized carbons (Fsp3) is 0.286. The van der Waals surface area contributed by atoms with E-state index in [0.29, 0.717) is 35.4 Å². The second-order valence-electron chi connectivity index (χ2n) is 7.41. The van der Waals surface area contributed by atoms with Crippen molar-refractivity contribution in [3.63, 3.8) is 0 Å². The quantitative estimate of drug-likeness (QED) is 0.630. The summed E-state index contributed by atoms with van der Waals surface area (Å²) in [4.78, 5) is 0.0141. The van der Waals surface area contributed by atoms with E-state index >= 15 is 0 Å². The summed E-state index contributed by atoms with van der Waals surface area (Å²) in [6.07, 6.45) is 0.322. The number of hydrogen-bond donors (Lipinski definition) is 2. The largest absolute Gasteiger partial charge is 0.393 e. The minimum atomic E-state index is -3.79. The van der Waals surface area contributed by atoms with E-state index in [1.54, 1.807) is 37.3 Å². The first-order chi connectivity index (χ1) is 14.3. The average Bonchev–Trinajstić information content (AvgIpc) is 3.21. The molecule has 3 aromatic rings. The van der Waals surface area contributed by atoms with Crippen molar-refractivity contribution in [2.45, 2.75) is 30.8 Å². The highest BCUT2D eigenvalue weighted by molar-refractivity contribution is 7.89. The summed E-state index contributed by atoms with van der Waals surface area (Å²) in [7, 11) is -3.79. The molecule has 0 aliphatic carbocycles. The Hall–Kier alpha value is -2.26. The molecule has 1 fully saturated rings. The lowest BCUT2D eigenvalue weighted by atomic mass is 10.1. The molecular formula is C21H21ClFN3O3S. The van der Waals surface area contributed by atoms with Crippen LogP contribution in [0.25, 0.3) is 22.5 Å². The SMILES string of the molecule is Cc1cc(-c2cc(-c3ccc(Cl)c(S(=O)(=O)N4CCC(O)CC4)c3)n[nH]2)ccc1F. The number of sulfonamides is 1. The van der Waals surface area contributed by atoms with Gasteiger partial charge in [0.1, 0.15) is 10.7 Å². The van der Waals surface area contributed by atoms with Crippen LogP contribution in [-0.2, 0) is 10.0 Å². The van der Waals surface area contributed by atoms with E-state index in [1.807, 2.05) is 0 Å². The minimum Gasteiger partial charge on any atom is -0.393 e. The van der Waals surface area contributed by atoms with Crippen molar-refractivity contribution in [2.75, 3.05) is 13.1 Å². The van der Waals surface area contributed by atoms with Crippen LogP contribution in [0.1, 0.15) is 18.4 Å². The molecule has 9 heteroatoms. The smallest absolute Gasteiger partial charge is 0.244 e. The number of hydrogen-bond acceptors (Lipinski definition) is 4. The normalized spacial score (nSPS) is 16.1. The van der Waals surface area contributed by atoms with Crippen LogP contribution < -0.4 is 0 Å². The van der Waals surface area contributed by atoms with Gasteiger partial charge in [-0.15, -0.1) is 0 Å². The third kappa shape index (κ3) is 4.00. The summed E-state index contributed by atoms with van der Waals surface area (Å²) in [6.45, 7) is 2.19. The Kier molecular flexibility index (Phi) is 5.67. The van der Waals surface area contributed by atoms with Crippen molar-refractivity contribution in [3.05, 3.63) is 58.9 Å². The lowest BCUT2D eigenvalue weighted by molar-refractivity contribution is 0.113. The van der Waals surface area contributed by atoms with E-state index in [4.69, 9.17) is 11.6 Å². The topological polar surface area (TPSA) is 86.3 Å². The van der Waals surface area contributed by atoms with Crippen molar-refractivity contribution in [1.82, 2.24) is 14.5 Å². The summed E-state index contributed by atoms with van der Waals surface area (Å²) in [5, 5.41) is 17.0. The number of H-pyrrole nitrogens is 1. The third-order valence-corrected chi connectivity index (χ3v) is 7.70. The Morgan fingerprint density at radius 3 is 2.53 bits per heavy atom. The fourth-order valence-electron chi connectivity index (χ4n) is 3.51. The highest BCUT2D eigenvalue weighted by atomic mass is 35.5. The van der Waals surface area contributed by atoms with Crippen LogP contribution in [0.2, 0.25) is 5.02 Å². The van der Waals surface area contributed by atoms with Gasteiger partial charge >= 0.3 is 0 Å².